The Morgan fingerprint density at radius 3 is 2.71 bits per heavy atom. The Bertz CT molecular complexity index is 1000. The van der Waals surface area contributed by atoms with Gasteiger partial charge < -0.3 is 25.0 Å². The molecule has 8 nitrogen and oxygen atoms in total. The SMILES string of the molecule is CC(=O)N1CC(C(=O)N2CCC[C@@H](N(C)C(=O)NCc3cc4cc(Cl)ccc4[nH]3)C2)C1. The van der Waals surface area contributed by atoms with Gasteiger partial charge in [-0.2, -0.15) is 0 Å². The summed E-state index contributed by atoms with van der Waals surface area (Å²) in [5.41, 5.74) is 1.88. The average molecular weight is 446 g/mol. The number of benzene rings is 1. The molecular formula is C22H28ClN5O3. The third kappa shape index (κ3) is 4.63. The molecule has 3 heterocycles. The van der Waals surface area contributed by atoms with Gasteiger partial charge in [-0.05, 0) is 37.1 Å². The van der Waals surface area contributed by atoms with Crippen LogP contribution in [0.3, 0.4) is 0 Å². The number of aromatic nitrogens is 1. The average Bonchev–Trinajstić information content (AvgIpc) is 3.12. The molecule has 4 rings (SSSR count). The van der Waals surface area contributed by atoms with Gasteiger partial charge >= 0.3 is 6.03 Å². The van der Waals surface area contributed by atoms with Crippen molar-refractivity contribution < 1.29 is 14.4 Å². The number of rotatable bonds is 4. The van der Waals surface area contributed by atoms with Crippen molar-refractivity contribution in [3.8, 4) is 0 Å². The van der Waals surface area contributed by atoms with E-state index in [1.807, 2.05) is 29.2 Å². The highest BCUT2D eigenvalue weighted by molar-refractivity contribution is 6.31. The lowest BCUT2D eigenvalue weighted by molar-refractivity contribution is -0.148. The number of hydrogen-bond donors (Lipinski definition) is 2. The van der Waals surface area contributed by atoms with Crippen LogP contribution >= 0.6 is 11.6 Å². The van der Waals surface area contributed by atoms with Gasteiger partial charge in [0.2, 0.25) is 11.8 Å². The fraction of sp³-hybridized carbons (Fsp3) is 0.500. The first-order valence-electron chi connectivity index (χ1n) is 10.6. The van der Waals surface area contributed by atoms with Gasteiger partial charge in [0.15, 0.2) is 0 Å². The maximum absolute atomic E-state index is 12.8. The molecule has 1 atom stereocenters. The Hall–Kier alpha value is -2.74. The molecule has 0 bridgehead atoms. The predicted molar refractivity (Wildman–Crippen MR) is 119 cm³/mol. The van der Waals surface area contributed by atoms with Crippen LogP contribution in [0, 0.1) is 5.92 Å². The van der Waals surface area contributed by atoms with Crippen LogP contribution in [0.15, 0.2) is 24.3 Å². The fourth-order valence-electron chi connectivity index (χ4n) is 4.34. The molecule has 9 heteroatoms. The van der Waals surface area contributed by atoms with Crippen LogP contribution in [0.4, 0.5) is 4.79 Å². The van der Waals surface area contributed by atoms with Gasteiger partial charge in [-0.3, -0.25) is 9.59 Å². The third-order valence-corrected chi connectivity index (χ3v) is 6.56. The van der Waals surface area contributed by atoms with Crippen molar-refractivity contribution in [2.24, 2.45) is 5.92 Å². The summed E-state index contributed by atoms with van der Waals surface area (Å²) in [6, 6.07) is 7.42. The standard InChI is InChI=1S/C22H28ClN5O3/c1-14(29)28-11-16(12-28)21(30)27-7-3-4-19(13-27)26(2)22(31)24-10-18-9-15-8-17(23)5-6-20(15)25-18/h5-6,8-9,16,19,25H,3-4,7,10-13H2,1-2H3,(H,24,31)/t19-/m1/s1. The Morgan fingerprint density at radius 2 is 1.97 bits per heavy atom. The molecule has 0 spiro atoms. The molecule has 0 radical (unpaired) electrons. The molecule has 0 saturated carbocycles. The predicted octanol–water partition coefficient (Wildman–Crippen LogP) is 2.43. The number of nitrogens with one attached hydrogen (secondary N) is 2. The molecule has 1 aromatic heterocycles. The zero-order valence-electron chi connectivity index (χ0n) is 17.9. The summed E-state index contributed by atoms with van der Waals surface area (Å²) in [6.45, 7) is 4.15. The van der Waals surface area contributed by atoms with Gasteiger partial charge in [-0.15, -0.1) is 0 Å². The van der Waals surface area contributed by atoms with Crippen molar-refractivity contribution in [1.82, 2.24) is 25.0 Å². The molecule has 2 aromatic rings. The highest BCUT2D eigenvalue weighted by Crippen LogP contribution is 2.23. The number of piperidine rings is 1. The van der Waals surface area contributed by atoms with Crippen molar-refractivity contribution in [3.05, 3.63) is 35.0 Å². The minimum Gasteiger partial charge on any atom is -0.357 e. The van der Waals surface area contributed by atoms with Gasteiger partial charge in [0, 0.05) is 61.8 Å². The van der Waals surface area contributed by atoms with E-state index in [1.54, 1.807) is 16.8 Å². The largest absolute Gasteiger partial charge is 0.357 e. The molecule has 0 aliphatic carbocycles. The lowest BCUT2D eigenvalue weighted by Crippen LogP contribution is -2.59. The molecule has 4 amide bonds. The number of carbonyl (C=O) groups excluding carboxylic acids is 3. The first-order chi connectivity index (χ1) is 14.8. The first kappa shape index (κ1) is 21.5. The van der Waals surface area contributed by atoms with Gasteiger partial charge in [0.05, 0.1) is 18.5 Å². The first-order valence-corrected chi connectivity index (χ1v) is 11.0. The van der Waals surface area contributed by atoms with Gasteiger partial charge in [-0.1, -0.05) is 11.6 Å². The summed E-state index contributed by atoms with van der Waals surface area (Å²) >= 11 is 6.03. The van der Waals surface area contributed by atoms with Crippen molar-refractivity contribution in [2.45, 2.75) is 32.4 Å². The van der Waals surface area contributed by atoms with E-state index in [0.717, 1.165) is 29.4 Å². The molecule has 1 aromatic carbocycles. The number of aromatic amines is 1. The monoisotopic (exact) mass is 445 g/mol. The van der Waals surface area contributed by atoms with E-state index in [4.69, 9.17) is 11.6 Å². The second-order valence-corrected chi connectivity index (χ2v) is 8.93. The minimum atomic E-state index is -0.164. The van der Waals surface area contributed by atoms with E-state index in [2.05, 4.69) is 10.3 Å². The molecular weight excluding hydrogens is 418 g/mol. The third-order valence-electron chi connectivity index (χ3n) is 6.32. The Labute approximate surface area is 186 Å². The molecule has 166 valence electrons. The summed E-state index contributed by atoms with van der Waals surface area (Å²) in [5, 5.41) is 4.63. The van der Waals surface area contributed by atoms with Gasteiger partial charge in [0.25, 0.3) is 0 Å². The Balaban J connectivity index is 1.29. The molecule has 0 unspecified atom stereocenters. The Morgan fingerprint density at radius 1 is 1.19 bits per heavy atom. The quantitative estimate of drug-likeness (QED) is 0.757. The number of halogens is 1. The van der Waals surface area contributed by atoms with Gasteiger partial charge in [0.1, 0.15) is 0 Å². The highest BCUT2D eigenvalue weighted by atomic mass is 35.5. The van der Waals surface area contributed by atoms with Crippen LogP contribution in [0.25, 0.3) is 10.9 Å². The summed E-state index contributed by atoms with van der Waals surface area (Å²) in [5.74, 6) is -0.0138. The summed E-state index contributed by atoms with van der Waals surface area (Å²) in [7, 11) is 1.78. The van der Waals surface area contributed by atoms with Crippen molar-refractivity contribution >= 4 is 40.3 Å². The van der Waals surface area contributed by atoms with E-state index in [0.29, 0.717) is 37.7 Å². The van der Waals surface area contributed by atoms with Crippen molar-refractivity contribution in [2.75, 3.05) is 33.2 Å². The van der Waals surface area contributed by atoms with Crippen molar-refractivity contribution in [3.63, 3.8) is 0 Å². The van der Waals surface area contributed by atoms with Crippen LogP contribution in [0.2, 0.25) is 5.02 Å². The lowest BCUT2D eigenvalue weighted by atomic mass is 9.96. The molecule has 2 aliphatic rings. The fourth-order valence-corrected chi connectivity index (χ4v) is 4.52. The number of urea groups is 1. The number of amides is 4. The van der Waals surface area contributed by atoms with E-state index >= 15 is 0 Å². The number of H-pyrrole nitrogens is 1. The second-order valence-electron chi connectivity index (χ2n) is 8.50. The van der Waals surface area contributed by atoms with Crippen molar-refractivity contribution in [1.29, 1.82) is 0 Å². The van der Waals surface area contributed by atoms with E-state index in [1.165, 1.54) is 6.92 Å². The topological polar surface area (TPSA) is 88.8 Å². The molecule has 2 N–H and O–H groups in total. The Kier molecular flexibility index (Phi) is 6.09. The number of fused-ring (bicyclic) bond motifs is 1. The van der Waals surface area contributed by atoms with E-state index < -0.39 is 0 Å². The lowest BCUT2D eigenvalue weighted by Gasteiger charge is -2.43. The van der Waals surface area contributed by atoms with E-state index in [-0.39, 0.29) is 29.8 Å². The summed E-state index contributed by atoms with van der Waals surface area (Å²) in [4.78, 5) is 45.3. The smallest absolute Gasteiger partial charge is 0.317 e. The molecule has 31 heavy (non-hydrogen) atoms. The summed E-state index contributed by atoms with van der Waals surface area (Å²) in [6.07, 6.45) is 1.72. The zero-order chi connectivity index (χ0) is 22.1. The van der Waals surface area contributed by atoms with Gasteiger partial charge in [-0.25, -0.2) is 4.79 Å². The number of nitrogens with zero attached hydrogens (tertiary/aromatic N) is 3. The second kappa shape index (κ2) is 8.78. The number of likely N-dealkylation sites (N-methyl/N-ethyl adjacent to an activating group) is 1. The maximum atomic E-state index is 12.8. The molecule has 2 saturated heterocycles. The van der Waals surface area contributed by atoms with Crippen LogP contribution in [0.1, 0.15) is 25.5 Å². The van der Waals surface area contributed by atoms with Crippen LogP contribution in [-0.4, -0.2) is 76.8 Å². The maximum Gasteiger partial charge on any atom is 0.317 e. The zero-order valence-corrected chi connectivity index (χ0v) is 18.6. The number of likely N-dealkylation sites (tertiary alicyclic amines) is 2. The normalized spacial score (nSPS) is 19.3. The minimum absolute atomic E-state index is 0.00929. The summed E-state index contributed by atoms with van der Waals surface area (Å²) < 4.78 is 0. The number of hydrogen-bond acceptors (Lipinski definition) is 3. The highest BCUT2D eigenvalue weighted by Gasteiger charge is 2.38. The molecule has 2 fully saturated rings. The van der Waals surface area contributed by atoms with Crippen LogP contribution in [-0.2, 0) is 16.1 Å². The number of carbonyl (C=O) groups is 3. The molecule has 2 aliphatic heterocycles. The van der Waals surface area contributed by atoms with Crippen LogP contribution in [0.5, 0.6) is 0 Å². The van der Waals surface area contributed by atoms with E-state index in [9.17, 15) is 14.4 Å². The van der Waals surface area contributed by atoms with Crippen LogP contribution < -0.4 is 5.32 Å².